The van der Waals surface area contributed by atoms with Gasteiger partial charge in [-0.1, -0.05) is 17.7 Å². The summed E-state index contributed by atoms with van der Waals surface area (Å²) in [5, 5.41) is 4.83. The Kier molecular flexibility index (Phi) is 5.17. The average Bonchev–Trinajstić information content (AvgIpc) is 3.06. The molecule has 1 aromatic carbocycles. The van der Waals surface area contributed by atoms with Crippen LogP contribution >= 0.6 is 11.6 Å². The summed E-state index contributed by atoms with van der Waals surface area (Å²) in [7, 11) is -3.61. The quantitative estimate of drug-likeness (QED) is 0.717. The third kappa shape index (κ3) is 4.25. The van der Waals surface area contributed by atoms with E-state index in [1.54, 1.807) is 36.1 Å². The van der Waals surface area contributed by atoms with E-state index >= 15 is 0 Å². The number of aryl methyl sites for hydroxylation is 1. The lowest BCUT2D eigenvalue weighted by Gasteiger charge is -2.09. The number of hydrogen-bond donors (Lipinski definition) is 1. The molecule has 2 aromatic heterocycles. The second-order valence-corrected chi connectivity index (χ2v) is 7.68. The smallest absolute Gasteiger partial charge is 0.240 e. The maximum Gasteiger partial charge on any atom is 0.240 e. The standard InChI is InChI=1S/C17H17ClN4O2S/c1-13-2-3-15(18)12-17(13)25(23,24)20-9-11-22-10-6-16(21-22)14-4-7-19-8-5-14/h2-8,10,12,20H,9,11H2,1H3. The van der Waals surface area contributed by atoms with E-state index < -0.39 is 10.0 Å². The Balaban J connectivity index is 1.65. The van der Waals surface area contributed by atoms with Gasteiger partial charge in [-0.2, -0.15) is 5.10 Å². The van der Waals surface area contributed by atoms with Crippen molar-refractivity contribution in [1.82, 2.24) is 19.5 Å². The summed E-state index contributed by atoms with van der Waals surface area (Å²) in [6.45, 7) is 2.38. The van der Waals surface area contributed by atoms with Crippen LogP contribution in [0.15, 0.2) is 59.9 Å². The predicted molar refractivity (Wildman–Crippen MR) is 96.8 cm³/mol. The van der Waals surface area contributed by atoms with Gasteiger partial charge in [0.25, 0.3) is 0 Å². The second kappa shape index (κ2) is 7.35. The normalized spacial score (nSPS) is 11.6. The lowest BCUT2D eigenvalue weighted by molar-refractivity contribution is 0.561. The Morgan fingerprint density at radius 1 is 1.16 bits per heavy atom. The molecule has 0 unspecified atom stereocenters. The lowest BCUT2D eigenvalue weighted by atomic mass is 10.2. The molecule has 0 radical (unpaired) electrons. The number of benzene rings is 1. The molecule has 0 atom stereocenters. The first-order valence-electron chi connectivity index (χ1n) is 7.65. The Hall–Kier alpha value is -2.22. The zero-order chi connectivity index (χ0) is 17.9. The van der Waals surface area contributed by atoms with Crippen molar-refractivity contribution in [2.45, 2.75) is 18.4 Å². The van der Waals surface area contributed by atoms with E-state index in [4.69, 9.17) is 11.6 Å². The number of halogens is 1. The monoisotopic (exact) mass is 376 g/mol. The van der Waals surface area contributed by atoms with Gasteiger partial charge in [0.15, 0.2) is 0 Å². The van der Waals surface area contributed by atoms with E-state index in [1.807, 2.05) is 24.4 Å². The molecule has 2 heterocycles. The van der Waals surface area contributed by atoms with Crippen LogP contribution in [0, 0.1) is 6.92 Å². The van der Waals surface area contributed by atoms with E-state index in [1.165, 1.54) is 6.07 Å². The zero-order valence-electron chi connectivity index (χ0n) is 13.6. The van der Waals surface area contributed by atoms with Crippen molar-refractivity contribution < 1.29 is 8.42 Å². The number of aromatic nitrogens is 3. The topological polar surface area (TPSA) is 76.9 Å². The molecule has 0 spiro atoms. The molecular formula is C17H17ClN4O2S. The van der Waals surface area contributed by atoms with Crippen molar-refractivity contribution in [3.05, 3.63) is 65.6 Å². The molecule has 0 amide bonds. The molecule has 6 nitrogen and oxygen atoms in total. The van der Waals surface area contributed by atoms with Crippen molar-refractivity contribution in [2.24, 2.45) is 0 Å². The first-order chi connectivity index (χ1) is 12.0. The summed E-state index contributed by atoms with van der Waals surface area (Å²) in [6.07, 6.45) is 5.22. The van der Waals surface area contributed by atoms with Gasteiger partial charge in [-0.05, 0) is 42.8 Å². The van der Waals surface area contributed by atoms with Gasteiger partial charge in [0, 0.05) is 35.7 Å². The van der Waals surface area contributed by atoms with Crippen molar-refractivity contribution in [2.75, 3.05) is 6.54 Å². The van der Waals surface area contributed by atoms with Crippen LogP contribution in [0.5, 0.6) is 0 Å². The van der Waals surface area contributed by atoms with Crippen LogP contribution in [0.3, 0.4) is 0 Å². The fourth-order valence-corrected chi connectivity index (χ4v) is 3.92. The lowest BCUT2D eigenvalue weighted by Crippen LogP contribution is -2.28. The molecule has 25 heavy (non-hydrogen) atoms. The van der Waals surface area contributed by atoms with Crippen LogP contribution in [0.2, 0.25) is 5.02 Å². The molecule has 8 heteroatoms. The van der Waals surface area contributed by atoms with E-state index in [9.17, 15) is 8.42 Å². The number of nitrogens with zero attached hydrogens (tertiary/aromatic N) is 3. The van der Waals surface area contributed by atoms with E-state index in [-0.39, 0.29) is 11.4 Å². The third-order valence-electron chi connectivity index (χ3n) is 3.69. The van der Waals surface area contributed by atoms with Crippen LogP contribution in [-0.2, 0) is 16.6 Å². The van der Waals surface area contributed by atoms with Crippen molar-refractivity contribution in [3.63, 3.8) is 0 Å². The predicted octanol–water partition coefficient (Wildman–Crippen LogP) is 2.89. The Bertz CT molecular complexity index is 971. The second-order valence-electron chi connectivity index (χ2n) is 5.51. The number of hydrogen-bond acceptors (Lipinski definition) is 4. The van der Waals surface area contributed by atoms with Crippen LogP contribution in [0.25, 0.3) is 11.3 Å². The first-order valence-corrected chi connectivity index (χ1v) is 9.51. The Morgan fingerprint density at radius 2 is 1.92 bits per heavy atom. The molecule has 3 rings (SSSR count). The van der Waals surface area contributed by atoms with Gasteiger partial charge in [-0.3, -0.25) is 9.67 Å². The molecule has 0 bridgehead atoms. The highest BCUT2D eigenvalue weighted by atomic mass is 35.5. The van der Waals surface area contributed by atoms with Gasteiger partial charge in [0.1, 0.15) is 0 Å². The summed E-state index contributed by atoms with van der Waals surface area (Å²) in [4.78, 5) is 4.17. The van der Waals surface area contributed by atoms with E-state index in [0.29, 0.717) is 17.1 Å². The molecule has 0 aliphatic heterocycles. The number of rotatable bonds is 6. The summed E-state index contributed by atoms with van der Waals surface area (Å²) in [5.74, 6) is 0. The van der Waals surface area contributed by atoms with Crippen molar-refractivity contribution in [3.8, 4) is 11.3 Å². The van der Waals surface area contributed by atoms with Gasteiger partial charge < -0.3 is 0 Å². The highest BCUT2D eigenvalue weighted by Crippen LogP contribution is 2.20. The summed E-state index contributed by atoms with van der Waals surface area (Å²) >= 11 is 5.90. The van der Waals surface area contributed by atoms with Crippen LogP contribution in [0.1, 0.15) is 5.56 Å². The molecular weight excluding hydrogens is 360 g/mol. The molecule has 0 saturated heterocycles. The average molecular weight is 377 g/mol. The first kappa shape index (κ1) is 17.6. The highest BCUT2D eigenvalue weighted by Gasteiger charge is 2.16. The SMILES string of the molecule is Cc1ccc(Cl)cc1S(=O)(=O)NCCn1ccc(-c2ccncc2)n1. The van der Waals surface area contributed by atoms with Gasteiger partial charge in [0.05, 0.1) is 17.1 Å². The number of sulfonamides is 1. The maximum atomic E-state index is 12.4. The summed E-state index contributed by atoms with van der Waals surface area (Å²) in [5.41, 5.74) is 2.43. The summed E-state index contributed by atoms with van der Waals surface area (Å²) in [6, 6.07) is 10.4. The number of pyridine rings is 1. The minimum Gasteiger partial charge on any atom is -0.271 e. The molecule has 130 valence electrons. The van der Waals surface area contributed by atoms with E-state index in [2.05, 4.69) is 14.8 Å². The molecule has 0 fully saturated rings. The van der Waals surface area contributed by atoms with Gasteiger partial charge in [-0.15, -0.1) is 0 Å². The molecule has 3 aromatic rings. The number of nitrogens with one attached hydrogen (secondary N) is 1. The van der Waals surface area contributed by atoms with Crippen LogP contribution in [0.4, 0.5) is 0 Å². The zero-order valence-corrected chi connectivity index (χ0v) is 15.1. The maximum absolute atomic E-state index is 12.4. The van der Waals surface area contributed by atoms with Crippen molar-refractivity contribution >= 4 is 21.6 Å². The molecule has 0 saturated carbocycles. The molecule has 0 aliphatic carbocycles. The van der Waals surface area contributed by atoms with Gasteiger partial charge in [-0.25, -0.2) is 13.1 Å². The van der Waals surface area contributed by atoms with Crippen LogP contribution < -0.4 is 4.72 Å². The third-order valence-corrected chi connectivity index (χ3v) is 5.53. The van der Waals surface area contributed by atoms with Crippen LogP contribution in [-0.4, -0.2) is 29.7 Å². The Morgan fingerprint density at radius 3 is 2.68 bits per heavy atom. The molecule has 0 aliphatic rings. The minimum absolute atomic E-state index is 0.193. The van der Waals surface area contributed by atoms with E-state index in [0.717, 1.165) is 11.3 Å². The molecule has 1 N–H and O–H groups in total. The Labute approximate surface area is 151 Å². The minimum atomic E-state index is -3.61. The van der Waals surface area contributed by atoms with Gasteiger partial charge in [0.2, 0.25) is 10.0 Å². The largest absolute Gasteiger partial charge is 0.271 e. The fourth-order valence-electron chi connectivity index (χ4n) is 2.40. The fraction of sp³-hybridized carbons (Fsp3) is 0.176. The summed E-state index contributed by atoms with van der Waals surface area (Å²) < 4.78 is 29.1. The van der Waals surface area contributed by atoms with Crippen molar-refractivity contribution in [1.29, 1.82) is 0 Å². The van der Waals surface area contributed by atoms with Gasteiger partial charge >= 0.3 is 0 Å². The highest BCUT2D eigenvalue weighted by molar-refractivity contribution is 7.89.